The summed E-state index contributed by atoms with van der Waals surface area (Å²) in [4.78, 5) is 3.86. The van der Waals surface area contributed by atoms with E-state index in [1.807, 2.05) is 0 Å². The maximum atomic E-state index is 11.6. The van der Waals surface area contributed by atoms with Gasteiger partial charge in [0.05, 0.1) is 16.8 Å². The molecule has 2 N–H and O–H groups in total. The van der Waals surface area contributed by atoms with Crippen LogP contribution < -0.4 is 4.72 Å². The summed E-state index contributed by atoms with van der Waals surface area (Å²) in [6.45, 7) is 4.78. The van der Waals surface area contributed by atoms with Crippen LogP contribution in [0.25, 0.3) is 0 Å². The van der Waals surface area contributed by atoms with Gasteiger partial charge in [0, 0.05) is 6.54 Å². The van der Waals surface area contributed by atoms with Crippen LogP contribution in [-0.4, -0.2) is 30.7 Å². The van der Waals surface area contributed by atoms with E-state index in [0.717, 1.165) is 11.3 Å². The number of aryl methyl sites for hydroxylation is 1. The molecule has 0 bridgehead atoms. The minimum atomic E-state index is -3.53. The molecule has 1 aromatic heterocycles. The Morgan fingerprint density at radius 3 is 2.60 bits per heavy atom. The Kier molecular flexibility index (Phi) is 3.49. The highest BCUT2D eigenvalue weighted by molar-refractivity contribution is 7.91. The summed E-state index contributed by atoms with van der Waals surface area (Å²) < 4.78 is 25.8. The Morgan fingerprint density at radius 2 is 2.20 bits per heavy atom. The van der Waals surface area contributed by atoms with Crippen LogP contribution in [0.5, 0.6) is 0 Å². The first-order chi connectivity index (χ1) is 6.71. The van der Waals surface area contributed by atoms with E-state index in [1.54, 1.807) is 6.92 Å². The standard InChI is InChI=1S/C8H14N2O3S2/c1-6-9-4-7(14-6)15(12,13)10-5-8(2,3)11/h4,10-11H,5H2,1-3H3. The molecule has 0 fully saturated rings. The highest BCUT2D eigenvalue weighted by Gasteiger charge is 2.21. The number of nitrogens with one attached hydrogen (secondary N) is 1. The lowest BCUT2D eigenvalue weighted by molar-refractivity contribution is 0.0857. The quantitative estimate of drug-likeness (QED) is 0.815. The van der Waals surface area contributed by atoms with Gasteiger partial charge in [-0.15, -0.1) is 11.3 Å². The third-order valence-electron chi connectivity index (χ3n) is 1.56. The second kappa shape index (κ2) is 4.17. The predicted molar refractivity (Wildman–Crippen MR) is 58.3 cm³/mol. The fourth-order valence-electron chi connectivity index (χ4n) is 0.809. The number of hydrogen-bond acceptors (Lipinski definition) is 5. The molecule has 0 aliphatic heterocycles. The Morgan fingerprint density at radius 1 is 1.60 bits per heavy atom. The number of hydrogen-bond donors (Lipinski definition) is 2. The van der Waals surface area contributed by atoms with Crippen molar-refractivity contribution >= 4 is 21.4 Å². The maximum absolute atomic E-state index is 11.6. The van der Waals surface area contributed by atoms with E-state index >= 15 is 0 Å². The van der Waals surface area contributed by atoms with E-state index in [0.29, 0.717) is 5.01 Å². The predicted octanol–water partition coefficient (Wildman–Crippen LogP) is 0.501. The van der Waals surface area contributed by atoms with Gasteiger partial charge in [-0.05, 0) is 20.8 Å². The molecule has 0 radical (unpaired) electrons. The Balaban J connectivity index is 2.77. The number of sulfonamides is 1. The summed E-state index contributed by atoms with van der Waals surface area (Å²) in [5, 5.41) is 10.1. The number of aliphatic hydroxyl groups is 1. The lowest BCUT2D eigenvalue weighted by Crippen LogP contribution is -2.37. The molecule has 5 nitrogen and oxygen atoms in total. The van der Waals surface area contributed by atoms with Crippen molar-refractivity contribution in [3.05, 3.63) is 11.2 Å². The molecule has 86 valence electrons. The van der Waals surface area contributed by atoms with Crippen molar-refractivity contribution in [1.29, 1.82) is 0 Å². The Labute approximate surface area is 93.2 Å². The van der Waals surface area contributed by atoms with Crippen LogP contribution in [-0.2, 0) is 10.0 Å². The molecule has 0 aromatic carbocycles. The highest BCUT2D eigenvalue weighted by atomic mass is 32.2. The minimum absolute atomic E-state index is 0.0215. The molecule has 0 unspecified atom stereocenters. The number of nitrogens with zero attached hydrogens (tertiary/aromatic N) is 1. The third kappa shape index (κ3) is 3.86. The largest absolute Gasteiger partial charge is 0.389 e. The van der Waals surface area contributed by atoms with E-state index in [2.05, 4.69) is 9.71 Å². The second-order valence-corrected chi connectivity index (χ2v) is 7.06. The second-order valence-electron chi connectivity index (χ2n) is 3.84. The Hall–Kier alpha value is -0.500. The van der Waals surface area contributed by atoms with Gasteiger partial charge in [0.25, 0.3) is 10.0 Å². The van der Waals surface area contributed by atoms with E-state index < -0.39 is 15.6 Å². The van der Waals surface area contributed by atoms with Crippen molar-refractivity contribution in [3.8, 4) is 0 Å². The van der Waals surface area contributed by atoms with Crippen molar-refractivity contribution in [3.63, 3.8) is 0 Å². The van der Waals surface area contributed by atoms with Crippen LogP contribution >= 0.6 is 11.3 Å². The van der Waals surface area contributed by atoms with Crippen molar-refractivity contribution < 1.29 is 13.5 Å². The van der Waals surface area contributed by atoms with Gasteiger partial charge in [-0.1, -0.05) is 0 Å². The van der Waals surface area contributed by atoms with Gasteiger partial charge in [0.2, 0.25) is 0 Å². The molecule has 15 heavy (non-hydrogen) atoms. The molecule has 0 atom stereocenters. The summed E-state index contributed by atoms with van der Waals surface area (Å²) in [5.41, 5.74) is -1.06. The summed E-state index contributed by atoms with van der Waals surface area (Å²) in [5.74, 6) is 0. The van der Waals surface area contributed by atoms with Crippen LogP contribution in [0.2, 0.25) is 0 Å². The lowest BCUT2D eigenvalue weighted by atomic mass is 10.1. The van der Waals surface area contributed by atoms with E-state index in [9.17, 15) is 13.5 Å². The molecule has 7 heteroatoms. The zero-order valence-corrected chi connectivity index (χ0v) is 10.4. The van der Waals surface area contributed by atoms with Crippen LogP contribution in [0.15, 0.2) is 10.4 Å². The zero-order chi connectivity index (χ0) is 11.7. The van der Waals surface area contributed by atoms with Crippen molar-refractivity contribution in [2.75, 3.05) is 6.54 Å². The molecule has 1 heterocycles. The van der Waals surface area contributed by atoms with Gasteiger partial charge >= 0.3 is 0 Å². The number of aromatic nitrogens is 1. The monoisotopic (exact) mass is 250 g/mol. The molecule has 1 aromatic rings. The van der Waals surface area contributed by atoms with Gasteiger partial charge in [-0.2, -0.15) is 0 Å². The maximum Gasteiger partial charge on any atom is 0.251 e. The summed E-state index contributed by atoms with van der Waals surface area (Å²) >= 11 is 1.10. The fraction of sp³-hybridized carbons (Fsp3) is 0.625. The summed E-state index contributed by atoms with van der Waals surface area (Å²) in [7, 11) is -3.53. The van der Waals surface area contributed by atoms with Gasteiger partial charge in [0.15, 0.2) is 4.21 Å². The topological polar surface area (TPSA) is 79.3 Å². The zero-order valence-electron chi connectivity index (χ0n) is 8.81. The molecule has 0 aliphatic rings. The summed E-state index contributed by atoms with van der Waals surface area (Å²) in [6.07, 6.45) is 1.31. The minimum Gasteiger partial charge on any atom is -0.389 e. The van der Waals surface area contributed by atoms with E-state index in [-0.39, 0.29) is 10.8 Å². The molecular formula is C8H14N2O3S2. The molecular weight excluding hydrogens is 236 g/mol. The Bertz CT molecular complexity index is 431. The van der Waals surface area contributed by atoms with E-state index in [4.69, 9.17) is 0 Å². The third-order valence-corrected chi connectivity index (χ3v) is 4.33. The van der Waals surface area contributed by atoms with Crippen LogP contribution in [0.3, 0.4) is 0 Å². The lowest BCUT2D eigenvalue weighted by Gasteiger charge is -2.16. The van der Waals surface area contributed by atoms with Gasteiger partial charge in [-0.3, -0.25) is 0 Å². The SMILES string of the molecule is Cc1ncc(S(=O)(=O)NCC(C)(C)O)s1. The molecule has 0 aliphatic carbocycles. The van der Waals surface area contributed by atoms with Crippen molar-refractivity contribution in [2.24, 2.45) is 0 Å². The van der Waals surface area contributed by atoms with Crippen molar-refractivity contribution in [2.45, 2.75) is 30.6 Å². The average molecular weight is 250 g/mol. The van der Waals surface area contributed by atoms with E-state index in [1.165, 1.54) is 20.0 Å². The normalized spacial score (nSPS) is 13.1. The van der Waals surface area contributed by atoms with Crippen molar-refractivity contribution in [1.82, 2.24) is 9.71 Å². The molecule has 0 saturated carbocycles. The van der Waals surface area contributed by atoms with Crippen LogP contribution in [0.1, 0.15) is 18.9 Å². The number of rotatable bonds is 4. The molecule has 0 spiro atoms. The van der Waals surface area contributed by atoms with Gasteiger partial charge < -0.3 is 5.11 Å². The first-order valence-electron chi connectivity index (χ1n) is 4.35. The van der Waals surface area contributed by atoms with Gasteiger partial charge in [-0.25, -0.2) is 18.1 Å². The molecule has 0 saturated heterocycles. The van der Waals surface area contributed by atoms with Crippen LogP contribution in [0, 0.1) is 6.92 Å². The van der Waals surface area contributed by atoms with Crippen LogP contribution in [0.4, 0.5) is 0 Å². The molecule has 0 amide bonds. The molecule has 1 rings (SSSR count). The number of thiazole rings is 1. The van der Waals surface area contributed by atoms with Gasteiger partial charge in [0.1, 0.15) is 0 Å². The first kappa shape index (κ1) is 12.6. The highest BCUT2D eigenvalue weighted by Crippen LogP contribution is 2.17. The summed E-state index contributed by atoms with van der Waals surface area (Å²) in [6, 6.07) is 0. The smallest absolute Gasteiger partial charge is 0.251 e. The fourth-order valence-corrected chi connectivity index (χ4v) is 3.17. The average Bonchev–Trinajstić information content (AvgIpc) is 2.48. The first-order valence-corrected chi connectivity index (χ1v) is 6.65.